The highest BCUT2D eigenvalue weighted by molar-refractivity contribution is 6.00. The molecule has 0 bridgehead atoms. The molecule has 198 valence electrons. The molecular formula is C27H27N3O8. The highest BCUT2D eigenvalue weighted by Crippen LogP contribution is 2.36. The molecule has 0 saturated carbocycles. The van der Waals surface area contributed by atoms with Crippen molar-refractivity contribution < 1.29 is 38.4 Å². The minimum atomic E-state index is -1.11. The average molecular weight is 522 g/mol. The first-order valence-corrected chi connectivity index (χ1v) is 12.1. The number of carboxylic acids is 1. The first kappa shape index (κ1) is 25.1. The van der Waals surface area contributed by atoms with Crippen molar-refractivity contribution in [1.82, 2.24) is 15.2 Å². The monoisotopic (exact) mass is 521 g/mol. The fraction of sp³-hybridized carbons (Fsp3) is 0.333. The molecule has 3 heterocycles. The largest absolute Gasteiger partial charge is 0.496 e. The quantitative estimate of drug-likeness (QED) is 0.502. The van der Waals surface area contributed by atoms with Crippen molar-refractivity contribution in [1.29, 1.82) is 0 Å². The summed E-state index contributed by atoms with van der Waals surface area (Å²) in [6, 6.07) is 11.7. The van der Waals surface area contributed by atoms with Crippen molar-refractivity contribution in [3.63, 3.8) is 0 Å². The number of carboxylic acid groups (broad SMARTS) is 1. The van der Waals surface area contributed by atoms with Crippen LogP contribution in [0.4, 0.5) is 0 Å². The highest BCUT2D eigenvalue weighted by Gasteiger charge is 2.43. The van der Waals surface area contributed by atoms with Crippen LogP contribution in [-0.2, 0) is 4.79 Å². The maximum absolute atomic E-state index is 13.4. The van der Waals surface area contributed by atoms with Crippen molar-refractivity contribution in [2.75, 3.05) is 27.3 Å². The predicted molar refractivity (Wildman–Crippen MR) is 135 cm³/mol. The smallest absolute Gasteiger partial charge is 0.344 e. The topological polar surface area (TPSA) is 137 Å². The zero-order valence-electron chi connectivity index (χ0n) is 21.1. The Morgan fingerprint density at radius 3 is 2.53 bits per heavy atom. The molecule has 2 aliphatic heterocycles. The Balaban J connectivity index is 1.32. The molecule has 3 aromatic rings. The summed E-state index contributed by atoms with van der Waals surface area (Å²) >= 11 is 0. The van der Waals surface area contributed by atoms with Gasteiger partial charge in [0.2, 0.25) is 0 Å². The Labute approximate surface area is 218 Å². The second-order valence-electron chi connectivity index (χ2n) is 9.17. The second kappa shape index (κ2) is 9.73. The van der Waals surface area contributed by atoms with Crippen LogP contribution in [0, 0.1) is 0 Å². The minimum absolute atomic E-state index is 0.233. The third-order valence-corrected chi connectivity index (χ3v) is 6.78. The van der Waals surface area contributed by atoms with E-state index in [2.05, 4.69) is 10.3 Å². The Morgan fingerprint density at radius 1 is 1.11 bits per heavy atom. The lowest BCUT2D eigenvalue weighted by Crippen LogP contribution is -2.61. The number of fused-ring (bicyclic) bond motifs is 2. The van der Waals surface area contributed by atoms with E-state index in [9.17, 15) is 14.4 Å². The Kier molecular flexibility index (Phi) is 6.43. The Bertz CT molecular complexity index is 1430. The third-order valence-electron chi connectivity index (χ3n) is 6.78. The molecule has 1 unspecified atom stereocenters. The molecule has 1 saturated heterocycles. The van der Waals surface area contributed by atoms with Crippen molar-refractivity contribution in [2.45, 2.75) is 31.6 Å². The molecule has 1 spiro atoms. The number of hydrogen-bond donors (Lipinski definition) is 2. The molecule has 2 aliphatic rings. The van der Waals surface area contributed by atoms with E-state index in [-0.39, 0.29) is 28.8 Å². The van der Waals surface area contributed by atoms with E-state index >= 15 is 0 Å². The number of hydrogen-bond acceptors (Lipinski definition) is 8. The van der Waals surface area contributed by atoms with E-state index < -0.39 is 17.8 Å². The SMILES string of the molecule is COc1cc(C(=O)N2CCC3(CC2)NC(=O)c2cc(OC(C)C(=O)O)ccc2O3)nc2c(OC)cccc12. The van der Waals surface area contributed by atoms with E-state index in [4.69, 9.17) is 24.1 Å². The van der Waals surface area contributed by atoms with Gasteiger partial charge in [-0.2, -0.15) is 0 Å². The van der Waals surface area contributed by atoms with Crippen LogP contribution in [0.2, 0.25) is 0 Å². The number of amides is 2. The number of para-hydroxylation sites is 1. The van der Waals surface area contributed by atoms with Gasteiger partial charge in [0.25, 0.3) is 11.8 Å². The summed E-state index contributed by atoms with van der Waals surface area (Å²) < 4.78 is 22.5. The summed E-state index contributed by atoms with van der Waals surface area (Å²) in [7, 11) is 3.08. The summed E-state index contributed by atoms with van der Waals surface area (Å²) in [5.41, 5.74) is 0.0595. The second-order valence-corrected chi connectivity index (χ2v) is 9.17. The zero-order valence-corrected chi connectivity index (χ0v) is 21.1. The first-order valence-electron chi connectivity index (χ1n) is 12.1. The number of nitrogens with zero attached hydrogens (tertiary/aromatic N) is 2. The highest BCUT2D eigenvalue weighted by atomic mass is 16.5. The van der Waals surface area contributed by atoms with E-state index in [0.717, 1.165) is 5.39 Å². The van der Waals surface area contributed by atoms with E-state index in [1.807, 2.05) is 12.1 Å². The van der Waals surface area contributed by atoms with Crippen LogP contribution < -0.4 is 24.3 Å². The number of piperidine rings is 1. The lowest BCUT2D eigenvalue weighted by atomic mass is 9.96. The van der Waals surface area contributed by atoms with Crippen LogP contribution in [0.5, 0.6) is 23.0 Å². The standard InChI is InChI=1S/C27H27N3O8/c1-15(26(33)34)37-16-7-8-20-18(13-16)24(31)29-27(38-20)9-11-30(12-10-27)25(32)19-14-22(36-3)17-5-4-6-21(35-2)23(17)28-19/h4-8,13-15H,9-12H2,1-3H3,(H,29,31)(H,33,34). The molecule has 1 atom stereocenters. The molecule has 1 aromatic heterocycles. The van der Waals surface area contributed by atoms with Gasteiger partial charge in [-0.3, -0.25) is 9.59 Å². The van der Waals surface area contributed by atoms with Crippen LogP contribution in [0.1, 0.15) is 40.6 Å². The molecule has 2 aromatic carbocycles. The van der Waals surface area contributed by atoms with Gasteiger partial charge in [0.05, 0.1) is 19.8 Å². The van der Waals surface area contributed by atoms with Gasteiger partial charge in [0, 0.05) is 37.4 Å². The van der Waals surface area contributed by atoms with E-state index in [1.54, 1.807) is 36.3 Å². The predicted octanol–water partition coefficient (Wildman–Crippen LogP) is 2.86. The van der Waals surface area contributed by atoms with Crippen molar-refractivity contribution in [3.05, 3.63) is 53.7 Å². The van der Waals surface area contributed by atoms with Crippen LogP contribution in [0.3, 0.4) is 0 Å². The van der Waals surface area contributed by atoms with Gasteiger partial charge in [0.1, 0.15) is 34.2 Å². The average Bonchev–Trinajstić information content (AvgIpc) is 2.92. The fourth-order valence-corrected chi connectivity index (χ4v) is 4.71. The van der Waals surface area contributed by atoms with Gasteiger partial charge in [-0.05, 0) is 37.3 Å². The molecule has 5 rings (SSSR count). The fourth-order valence-electron chi connectivity index (χ4n) is 4.71. The Hall–Kier alpha value is -4.54. The summed E-state index contributed by atoms with van der Waals surface area (Å²) in [6.45, 7) is 2.07. The molecule has 0 radical (unpaired) electrons. The number of pyridine rings is 1. The number of carbonyl (C=O) groups excluding carboxylic acids is 2. The molecule has 11 nitrogen and oxygen atoms in total. The summed E-state index contributed by atoms with van der Waals surface area (Å²) in [5.74, 6) is -0.0432. The maximum atomic E-state index is 13.4. The lowest BCUT2D eigenvalue weighted by Gasteiger charge is -2.44. The van der Waals surface area contributed by atoms with Gasteiger partial charge in [-0.15, -0.1) is 0 Å². The molecule has 38 heavy (non-hydrogen) atoms. The van der Waals surface area contributed by atoms with E-state index in [1.165, 1.54) is 20.1 Å². The van der Waals surface area contributed by atoms with Gasteiger partial charge >= 0.3 is 5.97 Å². The molecule has 2 amide bonds. The van der Waals surface area contributed by atoms with E-state index in [0.29, 0.717) is 48.7 Å². The number of carbonyl (C=O) groups is 3. The number of aromatic nitrogens is 1. The lowest BCUT2D eigenvalue weighted by molar-refractivity contribution is -0.144. The number of ether oxygens (including phenoxy) is 4. The number of aliphatic carboxylic acids is 1. The molecule has 11 heteroatoms. The number of benzene rings is 2. The van der Waals surface area contributed by atoms with Gasteiger partial charge in [-0.1, -0.05) is 6.07 Å². The number of nitrogens with one attached hydrogen (secondary N) is 1. The Morgan fingerprint density at radius 2 is 1.84 bits per heavy atom. The minimum Gasteiger partial charge on any atom is -0.496 e. The van der Waals surface area contributed by atoms with Crippen LogP contribution in [0.15, 0.2) is 42.5 Å². The third kappa shape index (κ3) is 4.51. The van der Waals surface area contributed by atoms with Crippen LogP contribution >= 0.6 is 0 Å². The molecular weight excluding hydrogens is 494 g/mol. The van der Waals surface area contributed by atoms with Crippen molar-refractivity contribution >= 4 is 28.7 Å². The summed E-state index contributed by atoms with van der Waals surface area (Å²) in [4.78, 5) is 43.7. The number of methoxy groups -OCH3 is 2. The van der Waals surface area contributed by atoms with Gasteiger partial charge < -0.3 is 34.3 Å². The number of likely N-dealkylation sites (tertiary alicyclic amines) is 1. The van der Waals surface area contributed by atoms with Crippen LogP contribution in [-0.4, -0.2) is 71.9 Å². The summed E-state index contributed by atoms with van der Waals surface area (Å²) in [6.07, 6.45) is -0.328. The normalized spacial score (nSPS) is 16.7. The van der Waals surface area contributed by atoms with Crippen LogP contribution in [0.25, 0.3) is 10.9 Å². The van der Waals surface area contributed by atoms with Gasteiger partial charge in [-0.25, -0.2) is 9.78 Å². The molecule has 1 fully saturated rings. The van der Waals surface area contributed by atoms with Gasteiger partial charge in [0.15, 0.2) is 11.8 Å². The van der Waals surface area contributed by atoms with Crippen molar-refractivity contribution in [2.24, 2.45) is 0 Å². The molecule has 0 aliphatic carbocycles. The maximum Gasteiger partial charge on any atom is 0.344 e. The summed E-state index contributed by atoms with van der Waals surface area (Å²) in [5, 5.41) is 12.7. The zero-order chi connectivity index (χ0) is 27.0. The van der Waals surface area contributed by atoms with Crippen molar-refractivity contribution in [3.8, 4) is 23.0 Å². The first-order chi connectivity index (χ1) is 18.2. The number of rotatable bonds is 6. The molecule has 2 N–H and O–H groups in total.